The van der Waals surface area contributed by atoms with Crippen LogP contribution in [0.2, 0.25) is 0 Å². The highest BCUT2D eigenvalue weighted by molar-refractivity contribution is 7.99. The van der Waals surface area contributed by atoms with Crippen molar-refractivity contribution in [1.82, 2.24) is 4.98 Å². The lowest BCUT2D eigenvalue weighted by atomic mass is 9.87. The molecular weight excluding hydrogens is 447 g/mol. The molecule has 1 aliphatic rings. The van der Waals surface area contributed by atoms with E-state index in [0.717, 1.165) is 43.2 Å². The lowest BCUT2D eigenvalue weighted by Crippen LogP contribution is -2.10. The van der Waals surface area contributed by atoms with E-state index < -0.39 is 11.7 Å². The van der Waals surface area contributed by atoms with E-state index in [9.17, 15) is 13.2 Å². The first-order valence-corrected chi connectivity index (χ1v) is 11.9. The van der Waals surface area contributed by atoms with Gasteiger partial charge in [0.25, 0.3) is 0 Å². The summed E-state index contributed by atoms with van der Waals surface area (Å²) in [4.78, 5) is 7.43. The Hall–Kier alpha value is -2.57. The molecule has 0 aliphatic carbocycles. The third-order valence-corrected chi connectivity index (χ3v) is 7.81. The Kier molecular flexibility index (Phi) is 4.98. The molecule has 0 saturated carbocycles. The maximum Gasteiger partial charge on any atom is 0.416 e. The molecule has 0 amide bonds. The minimum absolute atomic E-state index is 0.0594. The zero-order valence-corrected chi connectivity index (χ0v) is 19.4. The lowest BCUT2D eigenvalue weighted by Gasteiger charge is -2.18. The first-order chi connectivity index (χ1) is 15.1. The SMILES string of the molecule is CC(C)(C)c1ccc(-c2nc3c(s2)-c2ccccc2Sc2cc(C(F)(F)F)ccc2-3)cc1. The van der Waals surface area contributed by atoms with E-state index in [1.807, 2.05) is 24.3 Å². The van der Waals surface area contributed by atoms with Crippen LogP contribution in [0.4, 0.5) is 13.2 Å². The third-order valence-electron chi connectivity index (χ3n) is 5.54. The van der Waals surface area contributed by atoms with Crippen molar-refractivity contribution in [3.63, 3.8) is 0 Å². The monoisotopic (exact) mass is 467 g/mol. The number of hydrogen-bond donors (Lipinski definition) is 0. The van der Waals surface area contributed by atoms with Crippen LogP contribution in [0.25, 0.3) is 32.3 Å². The summed E-state index contributed by atoms with van der Waals surface area (Å²) in [5, 5.41) is 0.864. The summed E-state index contributed by atoms with van der Waals surface area (Å²) in [5.74, 6) is 0. The van der Waals surface area contributed by atoms with Crippen LogP contribution in [0.3, 0.4) is 0 Å². The van der Waals surface area contributed by atoms with Crippen LogP contribution < -0.4 is 0 Å². The average molecular weight is 468 g/mol. The van der Waals surface area contributed by atoms with Gasteiger partial charge >= 0.3 is 6.18 Å². The highest BCUT2D eigenvalue weighted by atomic mass is 32.2. The summed E-state index contributed by atoms with van der Waals surface area (Å²) < 4.78 is 40.1. The predicted octanol–water partition coefficient (Wildman–Crippen LogP) is 8.93. The van der Waals surface area contributed by atoms with Gasteiger partial charge in [-0.25, -0.2) is 4.98 Å². The third kappa shape index (κ3) is 3.76. The van der Waals surface area contributed by atoms with Crippen molar-refractivity contribution in [3.8, 4) is 32.3 Å². The van der Waals surface area contributed by atoms with E-state index in [1.165, 1.54) is 23.4 Å². The molecule has 0 atom stereocenters. The van der Waals surface area contributed by atoms with Gasteiger partial charge < -0.3 is 0 Å². The average Bonchev–Trinajstić information content (AvgIpc) is 3.13. The Labute approximate surface area is 193 Å². The van der Waals surface area contributed by atoms with Crippen molar-refractivity contribution in [2.75, 3.05) is 0 Å². The molecule has 6 heteroatoms. The maximum atomic E-state index is 13.4. The molecule has 0 fully saturated rings. The van der Waals surface area contributed by atoms with Crippen LogP contribution in [0.1, 0.15) is 31.9 Å². The molecule has 5 rings (SSSR count). The molecule has 1 aromatic heterocycles. The number of nitrogens with zero attached hydrogens (tertiary/aromatic N) is 1. The molecule has 0 radical (unpaired) electrons. The first kappa shape index (κ1) is 21.3. The number of rotatable bonds is 1. The van der Waals surface area contributed by atoms with Crippen molar-refractivity contribution in [3.05, 3.63) is 77.9 Å². The molecular formula is C26H20F3NS2. The fourth-order valence-corrected chi connectivity index (χ4v) is 6.08. The first-order valence-electron chi connectivity index (χ1n) is 10.2. The molecule has 3 aromatic carbocycles. The van der Waals surface area contributed by atoms with Crippen LogP contribution in [-0.2, 0) is 11.6 Å². The molecule has 2 heterocycles. The van der Waals surface area contributed by atoms with Crippen molar-refractivity contribution in [1.29, 1.82) is 0 Å². The predicted molar refractivity (Wildman–Crippen MR) is 126 cm³/mol. The normalized spacial score (nSPS) is 13.2. The van der Waals surface area contributed by atoms with Gasteiger partial charge in [-0.3, -0.25) is 0 Å². The molecule has 0 unspecified atom stereocenters. The molecule has 4 aromatic rings. The number of thiazole rings is 1. The highest BCUT2D eigenvalue weighted by Gasteiger charge is 2.33. The summed E-state index contributed by atoms with van der Waals surface area (Å²) >= 11 is 2.95. The van der Waals surface area contributed by atoms with E-state index in [-0.39, 0.29) is 5.41 Å². The van der Waals surface area contributed by atoms with Crippen LogP contribution in [0, 0.1) is 0 Å². The van der Waals surface area contributed by atoms with Crippen LogP contribution in [-0.4, -0.2) is 4.98 Å². The van der Waals surface area contributed by atoms with Crippen molar-refractivity contribution >= 4 is 23.1 Å². The smallest absolute Gasteiger partial charge is 0.235 e. The van der Waals surface area contributed by atoms with Crippen molar-refractivity contribution in [2.24, 2.45) is 0 Å². The van der Waals surface area contributed by atoms with Crippen LogP contribution in [0.15, 0.2) is 76.5 Å². The van der Waals surface area contributed by atoms with Gasteiger partial charge in [-0.05, 0) is 29.2 Å². The standard InChI is InChI=1S/C26H20F3NS2/c1-25(2,3)16-10-8-15(9-11-16)24-30-22-18-13-12-17(26(27,28)29)14-21(18)31-20-7-5-4-6-19(20)23(22)32-24/h4-14H,1-3H3. The van der Waals surface area contributed by atoms with E-state index in [0.29, 0.717) is 4.90 Å². The maximum absolute atomic E-state index is 13.4. The second-order valence-electron chi connectivity index (χ2n) is 8.83. The van der Waals surface area contributed by atoms with Gasteiger partial charge in [0.05, 0.1) is 16.1 Å². The van der Waals surface area contributed by atoms with E-state index in [1.54, 1.807) is 17.4 Å². The van der Waals surface area contributed by atoms with Crippen molar-refractivity contribution in [2.45, 2.75) is 42.2 Å². The largest absolute Gasteiger partial charge is 0.416 e. The van der Waals surface area contributed by atoms with Gasteiger partial charge in [0, 0.05) is 26.5 Å². The van der Waals surface area contributed by atoms with Crippen molar-refractivity contribution < 1.29 is 13.2 Å². The Morgan fingerprint density at radius 1 is 0.750 bits per heavy atom. The van der Waals surface area contributed by atoms with E-state index in [2.05, 4.69) is 45.0 Å². The number of fused-ring (bicyclic) bond motifs is 5. The second-order valence-corrected chi connectivity index (χ2v) is 10.9. The van der Waals surface area contributed by atoms with Gasteiger partial charge in [-0.15, -0.1) is 11.3 Å². The van der Waals surface area contributed by atoms with E-state index >= 15 is 0 Å². The molecule has 0 spiro atoms. The quantitative estimate of drug-likeness (QED) is 0.244. The fourth-order valence-electron chi connectivity index (χ4n) is 3.76. The van der Waals surface area contributed by atoms with Gasteiger partial charge in [-0.2, -0.15) is 13.2 Å². The summed E-state index contributed by atoms with van der Waals surface area (Å²) in [6.45, 7) is 6.52. The summed E-state index contributed by atoms with van der Waals surface area (Å²) in [7, 11) is 0. The second kappa shape index (κ2) is 7.49. The van der Waals surface area contributed by atoms with Gasteiger partial charge in [-0.1, -0.05) is 81.1 Å². The minimum Gasteiger partial charge on any atom is -0.235 e. The van der Waals surface area contributed by atoms with Gasteiger partial charge in [0.15, 0.2) is 0 Å². The number of halogens is 3. The number of alkyl halides is 3. The van der Waals surface area contributed by atoms with Crippen LogP contribution in [0.5, 0.6) is 0 Å². The topological polar surface area (TPSA) is 12.9 Å². The molecule has 0 N–H and O–H groups in total. The Morgan fingerprint density at radius 3 is 2.12 bits per heavy atom. The molecule has 1 nitrogen and oxygen atoms in total. The minimum atomic E-state index is -4.38. The van der Waals surface area contributed by atoms with Crippen LogP contribution >= 0.6 is 23.1 Å². The fraction of sp³-hybridized carbons (Fsp3) is 0.192. The molecule has 162 valence electrons. The number of benzene rings is 3. The molecule has 0 bridgehead atoms. The zero-order chi connectivity index (χ0) is 22.7. The molecule has 32 heavy (non-hydrogen) atoms. The lowest BCUT2D eigenvalue weighted by molar-refractivity contribution is -0.137. The zero-order valence-electron chi connectivity index (χ0n) is 17.7. The Bertz CT molecular complexity index is 1310. The van der Waals surface area contributed by atoms with E-state index in [4.69, 9.17) is 4.98 Å². The highest BCUT2D eigenvalue weighted by Crippen LogP contribution is 2.51. The Balaban J connectivity index is 1.69. The summed E-state index contributed by atoms with van der Waals surface area (Å²) in [5.41, 5.74) is 4.16. The summed E-state index contributed by atoms with van der Waals surface area (Å²) in [6.07, 6.45) is -4.38. The Morgan fingerprint density at radius 2 is 1.44 bits per heavy atom. The molecule has 1 aliphatic heterocycles. The molecule has 0 saturated heterocycles. The number of hydrogen-bond acceptors (Lipinski definition) is 3. The van der Waals surface area contributed by atoms with Gasteiger partial charge in [0.1, 0.15) is 5.01 Å². The van der Waals surface area contributed by atoms with Gasteiger partial charge in [0.2, 0.25) is 0 Å². The number of aromatic nitrogens is 1. The summed E-state index contributed by atoms with van der Waals surface area (Å²) in [6, 6.07) is 20.2.